The van der Waals surface area contributed by atoms with E-state index in [0.29, 0.717) is 30.1 Å². The van der Waals surface area contributed by atoms with Gasteiger partial charge in [-0.1, -0.05) is 26.0 Å². The molecule has 0 aromatic heterocycles. The molecule has 6 heteroatoms. The van der Waals surface area contributed by atoms with Crippen molar-refractivity contribution < 1.29 is 13.2 Å². The van der Waals surface area contributed by atoms with Gasteiger partial charge >= 0.3 is 0 Å². The largest absolute Gasteiger partial charge is 0.322 e. The summed E-state index contributed by atoms with van der Waals surface area (Å²) in [5, 5.41) is 2.92. The van der Waals surface area contributed by atoms with Crippen molar-refractivity contribution in [3.63, 3.8) is 0 Å². The predicted octanol–water partition coefficient (Wildman–Crippen LogP) is 4.07. The minimum atomic E-state index is -3.24. The molecular formula is C21H26N2O3S. The molecule has 5 nitrogen and oxygen atoms in total. The highest BCUT2D eigenvalue weighted by molar-refractivity contribution is 7.92. The Morgan fingerprint density at radius 1 is 1.11 bits per heavy atom. The van der Waals surface area contributed by atoms with Crippen LogP contribution in [0.3, 0.4) is 0 Å². The van der Waals surface area contributed by atoms with Gasteiger partial charge in [0.2, 0.25) is 10.0 Å². The highest BCUT2D eigenvalue weighted by Crippen LogP contribution is 2.24. The van der Waals surface area contributed by atoms with Crippen LogP contribution in [0.25, 0.3) is 0 Å². The number of nitrogens with zero attached hydrogens (tertiary/aromatic N) is 1. The summed E-state index contributed by atoms with van der Waals surface area (Å²) in [6.07, 6.45) is 2.52. The lowest BCUT2D eigenvalue weighted by Crippen LogP contribution is -2.37. The smallest absolute Gasteiger partial charge is 0.255 e. The molecule has 3 rings (SSSR count). The summed E-state index contributed by atoms with van der Waals surface area (Å²) in [6, 6.07) is 14.6. The molecule has 1 aliphatic rings. The van der Waals surface area contributed by atoms with Gasteiger partial charge in [0.05, 0.1) is 11.4 Å². The number of carbonyl (C=O) groups excluding carboxylic acids is 1. The van der Waals surface area contributed by atoms with Crippen LogP contribution in [0.4, 0.5) is 11.4 Å². The molecule has 1 N–H and O–H groups in total. The fourth-order valence-corrected chi connectivity index (χ4v) is 4.95. The van der Waals surface area contributed by atoms with E-state index in [1.54, 1.807) is 24.3 Å². The monoisotopic (exact) mass is 386 g/mol. The molecule has 1 heterocycles. The number of sulfonamides is 1. The zero-order valence-corrected chi connectivity index (χ0v) is 16.6. The number of benzene rings is 2. The van der Waals surface area contributed by atoms with E-state index >= 15 is 0 Å². The Morgan fingerprint density at radius 2 is 1.85 bits per heavy atom. The van der Waals surface area contributed by atoms with Gasteiger partial charge in [-0.25, -0.2) is 8.42 Å². The second-order valence-corrected chi connectivity index (χ2v) is 9.41. The van der Waals surface area contributed by atoms with Gasteiger partial charge in [0.15, 0.2) is 0 Å². The van der Waals surface area contributed by atoms with Crippen molar-refractivity contribution in [2.75, 3.05) is 21.9 Å². The van der Waals surface area contributed by atoms with Gasteiger partial charge in [-0.3, -0.25) is 9.10 Å². The molecule has 27 heavy (non-hydrogen) atoms. The van der Waals surface area contributed by atoms with Gasteiger partial charge in [0.1, 0.15) is 0 Å². The summed E-state index contributed by atoms with van der Waals surface area (Å²) in [5.74, 6) is 0.529. The van der Waals surface area contributed by atoms with Crippen LogP contribution in [0.1, 0.15) is 42.6 Å². The molecule has 1 saturated heterocycles. The van der Waals surface area contributed by atoms with Crippen molar-refractivity contribution in [2.45, 2.75) is 33.1 Å². The Balaban J connectivity index is 1.71. The second kappa shape index (κ2) is 8.13. The van der Waals surface area contributed by atoms with Crippen molar-refractivity contribution in [3.8, 4) is 0 Å². The molecule has 2 aromatic carbocycles. The molecule has 0 spiro atoms. The number of nitrogens with one attached hydrogen (secondary N) is 1. The topological polar surface area (TPSA) is 66.5 Å². The first-order valence-corrected chi connectivity index (χ1v) is 11.0. The van der Waals surface area contributed by atoms with E-state index in [1.165, 1.54) is 9.87 Å². The summed E-state index contributed by atoms with van der Waals surface area (Å²) >= 11 is 0. The van der Waals surface area contributed by atoms with E-state index in [1.807, 2.05) is 18.2 Å². The Bertz CT molecular complexity index is 905. The maximum Gasteiger partial charge on any atom is 0.255 e. The minimum absolute atomic E-state index is 0.182. The van der Waals surface area contributed by atoms with E-state index < -0.39 is 10.0 Å². The van der Waals surface area contributed by atoms with Gasteiger partial charge < -0.3 is 5.32 Å². The third-order valence-electron chi connectivity index (χ3n) is 4.60. The third-order valence-corrected chi connectivity index (χ3v) is 6.47. The van der Waals surface area contributed by atoms with Gasteiger partial charge in [-0.2, -0.15) is 0 Å². The lowest BCUT2D eigenvalue weighted by molar-refractivity contribution is 0.102. The SMILES string of the molecule is CC(C)Cc1cccc(NC(=O)c2ccc(N3CCCCS3(=O)=O)cc2)c1. The van der Waals surface area contributed by atoms with Crippen LogP contribution in [0.2, 0.25) is 0 Å². The highest BCUT2D eigenvalue weighted by atomic mass is 32.2. The molecule has 1 amide bonds. The Kier molecular flexibility index (Phi) is 5.85. The number of carbonyl (C=O) groups is 1. The highest BCUT2D eigenvalue weighted by Gasteiger charge is 2.26. The molecule has 0 unspecified atom stereocenters. The average molecular weight is 387 g/mol. The van der Waals surface area contributed by atoms with Crippen LogP contribution >= 0.6 is 0 Å². The summed E-state index contributed by atoms with van der Waals surface area (Å²) in [5.41, 5.74) is 3.07. The first kappa shape index (κ1) is 19.4. The molecule has 0 saturated carbocycles. The zero-order valence-electron chi connectivity index (χ0n) is 15.8. The lowest BCUT2D eigenvalue weighted by Gasteiger charge is -2.28. The molecule has 0 radical (unpaired) electrons. The number of amides is 1. The van der Waals surface area contributed by atoms with Crippen molar-refractivity contribution in [2.24, 2.45) is 5.92 Å². The molecule has 144 valence electrons. The Hall–Kier alpha value is -2.34. The average Bonchev–Trinajstić information content (AvgIpc) is 2.61. The predicted molar refractivity (Wildman–Crippen MR) is 110 cm³/mol. The summed E-state index contributed by atoms with van der Waals surface area (Å²) in [7, 11) is -3.24. The number of rotatable bonds is 5. The molecule has 0 atom stereocenters. The molecular weight excluding hydrogens is 360 g/mol. The Morgan fingerprint density at radius 3 is 2.52 bits per heavy atom. The van der Waals surface area contributed by atoms with Crippen molar-refractivity contribution >= 4 is 27.3 Å². The van der Waals surface area contributed by atoms with E-state index in [0.717, 1.165) is 18.5 Å². The van der Waals surface area contributed by atoms with Crippen LogP contribution < -0.4 is 9.62 Å². The first-order valence-electron chi connectivity index (χ1n) is 9.36. The third kappa shape index (κ3) is 4.89. The first-order chi connectivity index (χ1) is 12.8. The summed E-state index contributed by atoms with van der Waals surface area (Å²) in [4.78, 5) is 12.5. The van der Waals surface area contributed by atoms with E-state index in [2.05, 4.69) is 25.2 Å². The fraction of sp³-hybridized carbons (Fsp3) is 0.381. The van der Waals surface area contributed by atoms with Gasteiger partial charge in [0, 0.05) is 17.8 Å². The van der Waals surface area contributed by atoms with Crippen LogP contribution in [-0.4, -0.2) is 26.6 Å². The lowest BCUT2D eigenvalue weighted by atomic mass is 10.0. The van der Waals surface area contributed by atoms with Crippen LogP contribution in [0.5, 0.6) is 0 Å². The van der Waals surface area contributed by atoms with Crippen LogP contribution in [-0.2, 0) is 16.4 Å². The van der Waals surface area contributed by atoms with Crippen molar-refractivity contribution in [3.05, 3.63) is 59.7 Å². The Labute approximate surface area is 161 Å². The molecule has 2 aromatic rings. The molecule has 1 fully saturated rings. The summed E-state index contributed by atoms with van der Waals surface area (Å²) in [6.45, 7) is 4.82. The summed E-state index contributed by atoms with van der Waals surface area (Å²) < 4.78 is 25.8. The van der Waals surface area contributed by atoms with Gasteiger partial charge in [-0.05, 0) is 67.1 Å². The van der Waals surface area contributed by atoms with E-state index in [9.17, 15) is 13.2 Å². The normalized spacial score (nSPS) is 16.3. The number of hydrogen-bond donors (Lipinski definition) is 1. The molecule has 1 aliphatic heterocycles. The van der Waals surface area contributed by atoms with Crippen molar-refractivity contribution in [1.29, 1.82) is 0 Å². The second-order valence-electron chi connectivity index (χ2n) is 7.39. The van der Waals surface area contributed by atoms with E-state index in [-0.39, 0.29) is 11.7 Å². The maximum atomic E-state index is 12.5. The minimum Gasteiger partial charge on any atom is -0.322 e. The standard InChI is InChI=1S/C21H26N2O3S/c1-16(2)14-17-6-5-7-19(15-17)22-21(24)18-8-10-20(11-9-18)23-12-3-4-13-27(23,25)26/h5-11,15-16H,3-4,12-14H2,1-2H3,(H,22,24). The number of anilines is 2. The van der Waals surface area contributed by atoms with Crippen molar-refractivity contribution in [1.82, 2.24) is 0 Å². The maximum absolute atomic E-state index is 12.5. The molecule has 0 bridgehead atoms. The fourth-order valence-electron chi connectivity index (χ4n) is 3.31. The van der Waals surface area contributed by atoms with Gasteiger partial charge in [0.25, 0.3) is 5.91 Å². The van der Waals surface area contributed by atoms with Crippen LogP contribution in [0.15, 0.2) is 48.5 Å². The zero-order chi connectivity index (χ0) is 19.4. The molecule has 0 aliphatic carbocycles. The number of hydrogen-bond acceptors (Lipinski definition) is 3. The van der Waals surface area contributed by atoms with Gasteiger partial charge in [-0.15, -0.1) is 0 Å². The van der Waals surface area contributed by atoms with E-state index in [4.69, 9.17) is 0 Å². The quantitative estimate of drug-likeness (QED) is 0.842. The van der Waals surface area contributed by atoms with Crippen LogP contribution in [0, 0.1) is 5.92 Å².